The first-order valence-electron chi connectivity index (χ1n) is 4.97. The standard InChI is InChI=1S/C13H7BrClFO2/c14-12-5-9(15)1-2-13(12)18-11-4-8(7-17)3-10(16)6-11/h1-7H. The number of hydrogen-bond donors (Lipinski definition) is 0. The maximum Gasteiger partial charge on any atom is 0.150 e. The first-order chi connectivity index (χ1) is 8.58. The molecule has 0 unspecified atom stereocenters. The maximum atomic E-state index is 13.2. The van der Waals surface area contributed by atoms with Crippen LogP contribution in [0.2, 0.25) is 5.02 Å². The quantitative estimate of drug-likeness (QED) is 0.753. The zero-order valence-electron chi connectivity index (χ0n) is 8.99. The van der Waals surface area contributed by atoms with Gasteiger partial charge in [-0.15, -0.1) is 0 Å². The van der Waals surface area contributed by atoms with Gasteiger partial charge in [-0.25, -0.2) is 4.39 Å². The zero-order valence-corrected chi connectivity index (χ0v) is 11.3. The summed E-state index contributed by atoms with van der Waals surface area (Å²) in [5, 5.41) is 0.557. The van der Waals surface area contributed by atoms with Gasteiger partial charge in [-0.1, -0.05) is 11.6 Å². The van der Waals surface area contributed by atoms with Crippen molar-refractivity contribution >= 4 is 33.8 Å². The van der Waals surface area contributed by atoms with Crippen LogP contribution in [0.5, 0.6) is 11.5 Å². The molecule has 0 fully saturated rings. The fourth-order valence-corrected chi connectivity index (χ4v) is 2.16. The maximum absolute atomic E-state index is 13.2. The topological polar surface area (TPSA) is 26.3 Å². The second kappa shape index (κ2) is 5.50. The van der Waals surface area contributed by atoms with Gasteiger partial charge < -0.3 is 4.74 Å². The van der Waals surface area contributed by atoms with Gasteiger partial charge >= 0.3 is 0 Å². The Hall–Kier alpha value is -1.39. The number of carbonyl (C=O) groups excluding carboxylic acids is 1. The van der Waals surface area contributed by atoms with Crippen LogP contribution in [0.4, 0.5) is 4.39 Å². The Morgan fingerprint density at radius 2 is 2.00 bits per heavy atom. The third-order valence-electron chi connectivity index (χ3n) is 2.15. The highest BCUT2D eigenvalue weighted by molar-refractivity contribution is 9.10. The lowest BCUT2D eigenvalue weighted by Gasteiger charge is -2.08. The SMILES string of the molecule is O=Cc1cc(F)cc(Oc2ccc(Cl)cc2Br)c1. The first kappa shape index (κ1) is 13.1. The molecule has 0 saturated heterocycles. The minimum atomic E-state index is -0.528. The fourth-order valence-electron chi connectivity index (χ4n) is 1.40. The monoisotopic (exact) mass is 328 g/mol. The normalized spacial score (nSPS) is 10.2. The summed E-state index contributed by atoms with van der Waals surface area (Å²) in [7, 11) is 0. The van der Waals surface area contributed by atoms with E-state index in [0.717, 1.165) is 6.07 Å². The molecule has 0 atom stereocenters. The van der Waals surface area contributed by atoms with Gasteiger partial charge in [0.05, 0.1) is 4.47 Å². The molecule has 0 bridgehead atoms. The van der Waals surface area contributed by atoms with Crippen molar-refractivity contribution in [1.29, 1.82) is 0 Å². The molecule has 0 amide bonds. The predicted octanol–water partition coefficient (Wildman–Crippen LogP) is 4.85. The fraction of sp³-hybridized carbons (Fsp3) is 0. The summed E-state index contributed by atoms with van der Waals surface area (Å²) in [5.74, 6) is 0.210. The van der Waals surface area contributed by atoms with Crippen molar-refractivity contribution in [1.82, 2.24) is 0 Å². The van der Waals surface area contributed by atoms with E-state index in [1.54, 1.807) is 18.2 Å². The molecule has 2 rings (SSSR count). The molecule has 2 aromatic rings. The van der Waals surface area contributed by atoms with Crippen LogP contribution in [-0.4, -0.2) is 6.29 Å². The van der Waals surface area contributed by atoms with Crippen LogP contribution >= 0.6 is 27.5 Å². The first-order valence-corrected chi connectivity index (χ1v) is 6.14. The minimum Gasteiger partial charge on any atom is -0.456 e. The Morgan fingerprint density at radius 1 is 1.22 bits per heavy atom. The van der Waals surface area contributed by atoms with Gasteiger partial charge in [0.15, 0.2) is 0 Å². The van der Waals surface area contributed by atoms with E-state index >= 15 is 0 Å². The van der Waals surface area contributed by atoms with Gasteiger partial charge in [-0.3, -0.25) is 4.79 Å². The molecule has 2 aromatic carbocycles. The number of rotatable bonds is 3. The Balaban J connectivity index is 2.33. The molecular weight excluding hydrogens is 322 g/mol. The van der Waals surface area contributed by atoms with E-state index in [1.165, 1.54) is 12.1 Å². The van der Waals surface area contributed by atoms with Gasteiger partial charge in [-0.05, 0) is 46.3 Å². The highest BCUT2D eigenvalue weighted by atomic mass is 79.9. The molecule has 2 nitrogen and oxygen atoms in total. The smallest absolute Gasteiger partial charge is 0.150 e. The molecule has 0 aliphatic heterocycles. The number of hydrogen-bond acceptors (Lipinski definition) is 2. The largest absolute Gasteiger partial charge is 0.456 e. The molecule has 5 heteroatoms. The van der Waals surface area contributed by atoms with E-state index in [-0.39, 0.29) is 11.3 Å². The van der Waals surface area contributed by atoms with E-state index in [4.69, 9.17) is 16.3 Å². The van der Waals surface area contributed by atoms with E-state index in [1.807, 2.05) is 0 Å². The molecule has 92 valence electrons. The number of carbonyl (C=O) groups is 1. The van der Waals surface area contributed by atoms with Crippen LogP contribution in [0.1, 0.15) is 10.4 Å². The second-order valence-electron chi connectivity index (χ2n) is 3.51. The third-order valence-corrected chi connectivity index (χ3v) is 3.01. The summed E-state index contributed by atoms with van der Waals surface area (Å²) < 4.78 is 19.3. The minimum absolute atomic E-state index is 0.218. The lowest BCUT2D eigenvalue weighted by Crippen LogP contribution is -1.89. The number of benzene rings is 2. The van der Waals surface area contributed by atoms with Gasteiger partial charge in [-0.2, -0.15) is 0 Å². The Morgan fingerprint density at radius 3 is 2.67 bits per heavy atom. The zero-order chi connectivity index (χ0) is 13.1. The van der Waals surface area contributed by atoms with Crippen molar-refractivity contribution in [3.8, 4) is 11.5 Å². The predicted molar refractivity (Wildman–Crippen MR) is 71.0 cm³/mol. The number of aldehydes is 1. The van der Waals surface area contributed by atoms with Crippen LogP contribution in [0.25, 0.3) is 0 Å². The van der Waals surface area contributed by atoms with Crippen LogP contribution in [0, 0.1) is 5.82 Å². The van der Waals surface area contributed by atoms with E-state index in [0.29, 0.717) is 21.5 Å². The molecule has 0 aromatic heterocycles. The highest BCUT2D eigenvalue weighted by Crippen LogP contribution is 2.32. The van der Waals surface area contributed by atoms with Crippen LogP contribution in [-0.2, 0) is 0 Å². The van der Waals surface area contributed by atoms with Gasteiger partial charge in [0.1, 0.15) is 23.6 Å². The summed E-state index contributed by atoms with van der Waals surface area (Å²) in [6, 6.07) is 8.76. The van der Waals surface area contributed by atoms with E-state index < -0.39 is 5.82 Å². The van der Waals surface area contributed by atoms with Crippen LogP contribution in [0.3, 0.4) is 0 Å². The Bertz CT molecular complexity index is 602. The highest BCUT2D eigenvalue weighted by Gasteiger charge is 2.06. The van der Waals surface area contributed by atoms with Crippen molar-refractivity contribution in [2.45, 2.75) is 0 Å². The van der Waals surface area contributed by atoms with Crippen LogP contribution < -0.4 is 4.74 Å². The van der Waals surface area contributed by atoms with Crippen molar-refractivity contribution < 1.29 is 13.9 Å². The van der Waals surface area contributed by atoms with Gasteiger partial charge in [0.2, 0.25) is 0 Å². The third kappa shape index (κ3) is 3.09. The number of ether oxygens (including phenoxy) is 1. The molecule has 18 heavy (non-hydrogen) atoms. The molecule has 0 N–H and O–H groups in total. The molecule has 0 saturated carbocycles. The Labute approximate surface area is 116 Å². The van der Waals surface area contributed by atoms with Crippen molar-refractivity contribution in [3.63, 3.8) is 0 Å². The van der Waals surface area contributed by atoms with Crippen LogP contribution in [0.15, 0.2) is 40.9 Å². The summed E-state index contributed by atoms with van der Waals surface area (Å²) in [4.78, 5) is 10.6. The molecule has 0 radical (unpaired) electrons. The van der Waals surface area contributed by atoms with Gasteiger partial charge in [0.25, 0.3) is 0 Å². The van der Waals surface area contributed by atoms with Crippen molar-refractivity contribution in [2.24, 2.45) is 0 Å². The number of halogens is 3. The summed E-state index contributed by atoms with van der Waals surface area (Å²) in [5.41, 5.74) is 0.218. The lowest BCUT2D eigenvalue weighted by atomic mass is 10.2. The average Bonchev–Trinajstić information content (AvgIpc) is 2.32. The summed E-state index contributed by atoms with van der Waals surface area (Å²) in [6.45, 7) is 0. The van der Waals surface area contributed by atoms with E-state index in [9.17, 15) is 9.18 Å². The molecule has 0 heterocycles. The molecule has 0 spiro atoms. The Kier molecular flexibility index (Phi) is 3.99. The van der Waals surface area contributed by atoms with Gasteiger partial charge in [0, 0.05) is 16.7 Å². The second-order valence-corrected chi connectivity index (χ2v) is 4.81. The lowest BCUT2D eigenvalue weighted by molar-refractivity contribution is 0.112. The summed E-state index contributed by atoms with van der Waals surface area (Å²) >= 11 is 9.09. The summed E-state index contributed by atoms with van der Waals surface area (Å²) in [6.07, 6.45) is 0.562. The van der Waals surface area contributed by atoms with Crippen molar-refractivity contribution in [2.75, 3.05) is 0 Å². The molecule has 0 aliphatic carbocycles. The molecular formula is C13H7BrClFO2. The molecule has 0 aliphatic rings. The van der Waals surface area contributed by atoms with E-state index in [2.05, 4.69) is 15.9 Å². The van der Waals surface area contributed by atoms with Crippen molar-refractivity contribution in [3.05, 3.63) is 57.3 Å². The average molecular weight is 330 g/mol.